The van der Waals surface area contributed by atoms with Crippen molar-refractivity contribution in [3.63, 3.8) is 0 Å². The topological polar surface area (TPSA) is 18.5 Å². The average Bonchev–Trinajstić information content (AvgIpc) is 2.13. The molecule has 0 unspecified atom stereocenters. The maximum Gasteiger partial charge on any atom is 0.188 e. The first kappa shape index (κ1) is 14.4. The minimum atomic E-state index is -0.393. The molecule has 0 aliphatic heterocycles. The quantitative estimate of drug-likeness (QED) is 0.275. The van der Waals surface area contributed by atoms with Gasteiger partial charge in [0.05, 0.1) is 0 Å². The first-order chi connectivity index (χ1) is 6.13. The van der Waals surface area contributed by atoms with Gasteiger partial charge in [-0.15, -0.1) is 0 Å². The van der Waals surface area contributed by atoms with E-state index in [1.165, 1.54) is 19.3 Å². The van der Waals surface area contributed by atoms with Crippen molar-refractivity contribution in [2.24, 2.45) is 0 Å². The van der Waals surface area contributed by atoms with Crippen molar-refractivity contribution < 1.29 is 9.47 Å². The highest BCUT2D eigenvalue weighted by atomic mass is 127. The summed E-state index contributed by atoms with van der Waals surface area (Å²) in [4.78, 5) is 0. The highest BCUT2D eigenvalue weighted by Crippen LogP contribution is 2.33. The molecule has 4 heteroatoms. The molecule has 0 atom stereocenters. The SMILES string of the molecule is CCCCCC(OC)(OC)C(I)I. The second kappa shape index (κ2) is 7.64. The van der Waals surface area contributed by atoms with Crippen LogP contribution >= 0.6 is 45.2 Å². The van der Waals surface area contributed by atoms with E-state index in [1.807, 2.05) is 0 Å². The zero-order valence-electron chi connectivity index (χ0n) is 8.48. The first-order valence-electron chi connectivity index (χ1n) is 4.51. The van der Waals surface area contributed by atoms with Gasteiger partial charge in [0.15, 0.2) is 5.79 Å². The van der Waals surface area contributed by atoms with Crippen LogP contribution in [0.5, 0.6) is 0 Å². The summed E-state index contributed by atoms with van der Waals surface area (Å²) in [6.45, 7) is 2.20. The molecule has 0 bridgehead atoms. The Morgan fingerprint density at radius 2 is 1.69 bits per heavy atom. The molecule has 0 saturated carbocycles. The van der Waals surface area contributed by atoms with Crippen molar-refractivity contribution in [2.45, 2.75) is 40.3 Å². The highest BCUT2D eigenvalue weighted by Gasteiger charge is 2.35. The summed E-state index contributed by atoms with van der Waals surface area (Å²) in [7, 11) is 3.44. The number of hydrogen-bond acceptors (Lipinski definition) is 2. The van der Waals surface area contributed by atoms with E-state index in [0.29, 0.717) is 1.93 Å². The Kier molecular flexibility index (Phi) is 8.45. The highest BCUT2D eigenvalue weighted by molar-refractivity contribution is 14.2. The van der Waals surface area contributed by atoms with Crippen LogP contribution in [-0.2, 0) is 9.47 Å². The lowest BCUT2D eigenvalue weighted by atomic mass is 10.1. The fourth-order valence-electron chi connectivity index (χ4n) is 1.20. The molecule has 0 aromatic heterocycles. The Morgan fingerprint density at radius 1 is 1.15 bits per heavy atom. The predicted octanol–water partition coefficient (Wildman–Crippen LogP) is 3.75. The lowest BCUT2D eigenvalue weighted by Gasteiger charge is -2.32. The van der Waals surface area contributed by atoms with Gasteiger partial charge in [0.25, 0.3) is 0 Å². The summed E-state index contributed by atoms with van der Waals surface area (Å²) in [5.41, 5.74) is 0. The molecule has 0 amide bonds. The molecule has 80 valence electrons. The zero-order valence-corrected chi connectivity index (χ0v) is 12.8. The van der Waals surface area contributed by atoms with E-state index in [0.717, 1.165) is 6.42 Å². The normalized spacial score (nSPS) is 12.5. The number of hydrogen-bond donors (Lipinski definition) is 0. The average molecular weight is 412 g/mol. The largest absolute Gasteiger partial charge is 0.351 e. The van der Waals surface area contributed by atoms with Crippen LogP contribution < -0.4 is 0 Å². The van der Waals surface area contributed by atoms with E-state index in [9.17, 15) is 0 Å². The minimum Gasteiger partial charge on any atom is -0.351 e. The summed E-state index contributed by atoms with van der Waals surface area (Å²) in [6, 6.07) is 0. The third kappa shape index (κ3) is 4.61. The van der Waals surface area contributed by atoms with Crippen LogP contribution in [0, 0.1) is 0 Å². The number of methoxy groups -OCH3 is 2. The first-order valence-corrected chi connectivity index (χ1v) is 7.00. The molecule has 0 heterocycles. The molecule has 0 radical (unpaired) electrons. The third-order valence-corrected chi connectivity index (χ3v) is 4.05. The van der Waals surface area contributed by atoms with Crippen LogP contribution in [0.4, 0.5) is 0 Å². The molecule has 0 rings (SSSR count). The van der Waals surface area contributed by atoms with E-state index < -0.39 is 5.79 Å². The Labute approximate surface area is 108 Å². The van der Waals surface area contributed by atoms with Gasteiger partial charge < -0.3 is 9.47 Å². The Balaban J connectivity index is 4.06. The number of unbranched alkanes of at least 4 members (excludes halogenated alkanes) is 2. The second-order valence-electron chi connectivity index (χ2n) is 2.98. The second-order valence-corrected chi connectivity index (χ2v) is 7.85. The summed E-state index contributed by atoms with van der Waals surface area (Å²) in [5, 5.41) is 0. The van der Waals surface area contributed by atoms with E-state index >= 15 is 0 Å². The molecule has 0 aromatic rings. The molecule has 0 saturated heterocycles. The molecular weight excluding hydrogens is 394 g/mol. The number of halogens is 2. The summed E-state index contributed by atoms with van der Waals surface area (Å²) >= 11 is 4.69. The van der Waals surface area contributed by atoms with Crippen molar-refractivity contribution in [1.82, 2.24) is 0 Å². The zero-order chi connectivity index (χ0) is 10.3. The van der Waals surface area contributed by atoms with Crippen molar-refractivity contribution >= 4 is 45.2 Å². The van der Waals surface area contributed by atoms with Gasteiger partial charge in [-0.25, -0.2) is 0 Å². The fraction of sp³-hybridized carbons (Fsp3) is 1.00. The van der Waals surface area contributed by atoms with Crippen LogP contribution in [-0.4, -0.2) is 21.9 Å². The van der Waals surface area contributed by atoms with Crippen molar-refractivity contribution in [3.05, 3.63) is 0 Å². The third-order valence-electron chi connectivity index (χ3n) is 2.15. The lowest BCUT2D eigenvalue weighted by Crippen LogP contribution is -2.39. The van der Waals surface area contributed by atoms with Gasteiger partial charge in [-0.3, -0.25) is 0 Å². The maximum absolute atomic E-state index is 5.46. The molecule has 0 N–H and O–H groups in total. The van der Waals surface area contributed by atoms with Crippen LogP contribution in [0.3, 0.4) is 0 Å². The van der Waals surface area contributed by atoms with Gasteiger partial charge >= 0.3 is 0 Å². The molecule has 0 aliphatic carbocycles. The summed E-state index contributed by atoms with van der Waals surface area (Å²) in [5.74, 6) is -0.393. The van der Waals surface area contributed by atoms with Crippen molar-refractivity contribution in [1.29, 1.82) is 0 Å². The lowest BCUT2D eigenvalue weighted by molar-refractivity contribution is -0.194. The standard InChI is InChI=1S/C9H18I2O2/c1-4-5-6-7-9(12-2,13-3)8(10)11/h8H,4-7H2,1-3H3. The molecule has 0 aromatic carbocycles. The van der Waals surface area contributed by atoms with Crippen LogP contribution in [0.25, 0.3) is 0 Å². The number of rotatable bonds is 7. The number of ether oxygens (including phenoxy) is 2. The summed E-state index contributed by atoms with van der Waals surface area (Å²) in [6.07, 6.45) is 4.62. The summed E-state index contributed by atoms with van der Waals surface area (Å²) < 4.78 is 11.3. The van der Waals surface area contributed by atoms with Gasteiger partial charge in [-0.2, -0.15) is 0 Å². The minimum absolute atomic E-state index is 0.342. The van der Waals surface area contributed by atoms with Gasteiger partial charge in [0, 0.05) is 20.6 Å². The molecule has 13 heavy (non-hydrogen) atoms. The number of alkyl halides is 2. The van der Waals surface area contributed by atoms with Crippen LogP contribution in [0.2, 0.25) is 0 Å². The van der Waals surface area contributed by atoms with Gasteiger partial charge in [-0.05, 0) is 6.42 Å². The van der Waals surface area contributed by atoms with E-state index in [1.54, 1.807) is 14.2 Å². The molecule has 0 fully saturated rings. The van der Waals surface area contributed by atoms with E-state index in [-0.39, 0.29) is 0 Å². The molecule has 0 spiro atoms. The molecule has 0 aliphatic rings. The van der Waals surface area contributed by atoms with Crippen LogP contribution in [0.15, 0.2) is 0 Å². The molecule has 2 nitrogen and oxygen atoms in total. The smallest absolute Gasteiger partial charge is 0.188 e. The maximum atomic E-state index is 5.46. The van der Waals surface area contributed by atoms with Crippen LogP contribution in [0.1, 0.15) is 32.6 Å². The van der Waals surface area contributed by atoms with Gasteiger partial charge in [0.2, 0.25) is 0 Å². The van der Waals surface area contributed by atoms with Gasteiger partial charge in [0.1, 0.15) is 1.93 Å². The monoisotopic (exact) mass is 412 g/mol. The van der Waals surface area contributed by atoms with E-state index in [4.69, 9.17) is 9.47 Å². The Morgan fingerprint density at radius 3 is 2.00 bits per heavy atom. The predicted molar refractivity (Wildman–Crippen MR) is 72.7 cm³/mol. The fourth-order valence-corrected chi connectivity index (χ4v) is 2.84. The van der Waals surface area contributed by atoms with Gasteiger partial charge in [-0.1, -0.05) is 64.9 Å². The Bertz CT molecular complexity index is 125. The Hall–Kier alpha value is 1.38. The molecular formula is C9H18I2O2. The van der Waals surface area contributed by atoms with E-state index in [2.05, 4.69) is 52.1 Å². The van der Waals surface area contributed by atoms with Crippen molar-refractivity contribution in [3.8, 4) is 0 Å². The van der Waals surface area contributed by atoms with Crippen molar-refractivity contribution in [2.75, 3.05) is 14.2 Å².